The van der Waals surface area contributed by atoms with Gasteiger partial charge in [0.2, 0.25) is 0 Å². The minimum Gasteiger partial charge on any atom is -0.335 e. The third-order valence-corrected chi connectivity index (χ3v) is 6.57. The Morgan fingerprint density at radius 2 is 1.88 bits per heavy atom. The van der Waals surface area contributed by atoms with Gasteiger partial charge in [0.05, 0.1) is 10.9 Å². The largest absolute Gasteiger partial charge is 0.335 e. The van der Waals surface area contributed by atoms with Crippen molar-refractivity contribution < 1.29 is 4.79 Å². The SMILES string of the molecule is O=C(c1ccc2c(=O)n3c(nc2c1)CCC3)N1CCC[C@@H]2CCCC[C@H]21. The zero-order valence-corrected chi connectivity index (χ0v) is 15.1. The lowest BCUT2D eigenvalue weighted by atomic mass is 9.78. The smallest absolute Gasteiger partial charge is 0.261 e. The minimum atomic E-state index is 0.0341. The van der Waals surface area contributed by atoms with Crippen molar-refractivity contribution in [2.45, 2.75) is 64.0 Å². The molecule has 5 nitrogen and oxygen atoms in total. The molecule has 0 spiro atoms. The van der Waals surface area contributed by atoms with E-state index in [1.807, 2.05) is 12.1 Å². The first-order chi connectivity index (χ1) is 12.7. The monoisotopic (exact) mass is 351 g/mol. The molecule has 1 amide bonds. The summed E-state index contributed by atoms with van der Waals surface area (Å²) in [5.41, 5.74) is 1.39. The Labute approximate surface area is 153 Å². The third-order valence-electron chi connectivity index (χ3n) is 6.57. The maximum atomic E-state index is 13.2. The standard InChI is InChI=1S/C21H25N3O2/c25-20(23-11-3-6-14-5-1-2-7-18(14)23)15-9-10-16-17(13-15)22-19-8-4-12-24(19)21(16)26/h9-10,13-14,18H,1-8,11-12H2/t14-,18+/m0/s1. The van der Waals surface area contributed by atoms with E-state index in [0.717, 1.165) is 44.6 Å². The van der Waals surface area contributed by atoms with Gasteiger partial charge in [-0.05, 0) is 56.2 Å². The normalized spacial score (nSPS) is 25.2. The lowest BCUT2D eigenvalue weighted by Gasteiger charge is -2.44. The zero-order valence-electron chi connectivity index (χ0n) is 15.1. The Kier molecular flexibility index (Phi) is 3.84. The van der Waals surface area contributed by atoms with Crippen LogP contribution in [0, 0.1) is 5.92 Å². The van der Waals surface area contributed by atoms with E-state index in [4.69, 9.17) is 0 Å². The van der Waals surface area contributed by atoms with Crippen LogP contribution in [0.3, 0.4) is 0 Å². The van der Waals surface area contributed by atoms with Crippen molar-refractivity contribution in [2.24, 2.45) is 5.92 Å². The van der Waals surface area contributed by atoms with Gasteiger partial charge >= 0.3 is 0 Å². The van der Waals surface area contributed by atoms with Crippen LogP contribution < -0.4 is 5.56 Å². The molecule has 26 heavy (non-hydrogen) atoms. The zero-order chi connectivity index (χ0) is 17.7. The van der Waals surface area contributed by atoms with Crippen LogP contribution in [0.25, 0.3) is 10.9 Å². The lowest BCUT2D eigenvalue weighted by molar-refractivity contribution is 0.0391. The quantitative estimate of drug-likeness (QED) is 0.793. The van der Waals surface area contributed by atoms with Crippen LogP contribution >= 0.6 is 0 Å². The van der Waals surface area contributed by atoms with Gasteiger partial charge in [-0.3, -0.25) is 14.2 Å². The summed E-state index contributed by atoms with van der Waals surface area (Å²) in [6.07, 6.45) is 9.11. The Morgan fingerprint density at radius 1 is 1.04 bits per heavy atom. The van der Waals surface area contributed by atoms with Crippen LogP contribution in [0.15, 0.2) is 23.0 Å². The number of piperidine rings is 1. The maximum absolute atomic E-state index is 13.2. The molecule has 2 atom stereocenters. The summed E-state index contributed by atoms with van der Waals surface area (Å²) in [5.74, 6) is 1.65. The van der Waals surface area contributed by atoms with Crippen molar-refractivity contribution >= 4 is 16.8 Å². The molecular weight excluding hydrogens is 326 g/mol. The molecule has 2 aromatic rings. The highest BCUT2D eigenvalue weighted by molar-refractivity contribution is 5.98. The minimum absolute atomic E-state index is 0.0341. The number of aryl methyl sites for hydroxylation is 1. The van der Waals surface area contributed by atoms with E-state index in [9.17, 15) is 9.59 Å². The number of fused-ring (bicyclic) bond motifs is 3. The molecule has 0 N–H and O–H groups in total. The summed E-state index contributed by atoms with van der Waals surface area (Å²) >= 11 is 0. The highest BCUT2D eigenvalue weighted by Crippen LogP contribution is 2.36. The predicted molar refractivity (Wildman–Crippen MR) is 100 cm³/mol. The average molecular weight is 351 g/mol. The molecule has 136 valence electrons. The van der Waals surface area contributed by atoms with Crippen LogP contribution in [0.1, 0.15) is 61.1 Å². The molecule has 1 aliphatic carbocycles. The number of hydrogen-bond donors (Lipinski definition) is 0. The second-order valence-electron chi connectivity index (χ2n) is 8.07. The van der Waals surface area contributed by atoms with Gasteiger partial charge in [-0.25, -0.2) is 4.98 Å². The van der Waals surface area contributed by atoms with Gasteiger partial charge in [0.25, 0.3) is 11.5 Å². The number of carbonyl (C=O) groups excluding carboxylic acids is 1. The van der Waals surface area contributed by atoms with E-state index in [-0.39, 0.29) is 11.5 Å². The van der Waals surface area contributed by atoms with Gasteiger partial charge in [-0.15, -0.1) is 0 Å². The summed E-state index contributed by atoms with van der Waals surface area (Å²) in [6, 6.07) is 5.86. The van der Waals surface area contributed by atoms with Crippen molar-refractivity contribution in [3.8, 4) is 0 Å². The van der Waals surface area contributed by atoms with Crippen LogP contribution in [0.5, 0.6) is 0 Å². The van der Waals surface area contributed by atoms with Crippen molar-refractivity contribution in [1.29, 1.82) is 0 Å². The molecule has 2 fully saturated rings. The number of hydrogen-bond acceptors (Lipinski definition) is 3. The number of likely N-dealkylation sites (tertiary alicyclic amines) is 1. The molecule has 0 unspecified atom stereocenters. The Morgan fingerprint density at radius 3 is 2.81 bits per heavy atom. The van der Waals surface area contributed by atoms with Crippen molar-refractivity contribution in [1.82, 2.24) is 14.5 Å². The van der Waals surface area contributed by atoms with Gasteiger partial charge in [0.15, 0.2) is 0 Å². The highest BCUT2D eigenvalue weighted by atomic mass is 16.2. The molecule has 5 rings (SSSR count). The molecule has 0 bridgehead atoms. The first-order valence-electron chi connectivity index (χ1n) is 10.1. The maximum Gasteiger partial charge on any atom is 0.261 e. The number of amides is 1. The Balaban J connectivity index is 1.51. The van der Waals surface area contributed by atoms with E-state index in [2.05, 4.69) is 9.88 Å². The van der Waals surface area contributed by atoms with Crippen molar-refractivity contribution in [3.63, 3.8) is 0 Å². The van der Waals surface area contributed by atoms with E-state index in [0.29, 0.717) is 28.4 Å². The summed E-state index contributed by atoms with van der Waals surface area (Å²) in [4.78, 5) is 32.6. The lowest BCUT2D eigenvalue weighted by Crippen LogP contribution is -2.49. The molecule has 2 aliphatic heterocycles. The fraction of sp³-hybridized carbons (Fsp3) is 0.571. The number of nitrogens with zero attached hydrogens (tertiary/aromatic N) is 3. The second kappa shape index (κ2) is 6.22. The summed E-state index contributed by atoms with van der Waals surface area (Å²) in [7, 11) is 0. The van der Waals surface area contributed by atoms with Gasteiger partial charge in [0, 0.05) is 31.1 Å². The molecule has 1 saturated carbocycles. The number of carbonyl (C=O) groups is 1. The summed E-state index contributed by atoms with van der Waals surface area (Å²) in [5, 5.41) is 0.626. The third kappa shape index (κ3) is 2.48. The number of rotatable bonds is 1. The van der Waals surface area contributed by atoms with Crippen LogP contribution in [-0.2, 0) is 13.0 Å². The summed E-state index contributed by atoms with van der Waals surface area (Å²) < 4.78 is 1.78. The predicted octanol–water partition coefficient (Wildman–Crippen LogP) is 3.14. The van der Waals surface area contributed by atoms with Gasteiger partial charge in [-0.2, -0.15) is 0 Å². The average Bonchev–Trinajstić information content (AvgIpc) is 3.15. The van der Waals surface area contributed by atoms with Gasteiger partial charge in [-0.1, -0.05) is 12.8 Å². The highest BCUT2D eigenvalue weighted by Gasteiger charge is 2.36. The van der Waals surface area contributed by atoms with Crippen molar-refractivity contribution in [3.05, 3.63) is 39.9 Å². The Bertz CT molecular complexity index is 931. The Hall–Kier alpha value is -2.17. The molecule has 0 radical (unpaired) electrons. The molecule has 3 aliphatic rings. The second-order valence-corrected chi connectivity index (χ2v) is 8.07. The van der Waals surface area contributed by atoms with Crippen LogP contribution in [0.4, 0.5) is 0 Å². The topological polar surface area (TPSA) is 55.2 Å². The van der Waals surface area contributed by atoms with E-state index in [1.165, 1.54) is 25.7 Å². The van der Waals surface area contributed by atoms with Gasteiger partial charge in [0.1, 0.15) is 5.82 Å². The van der Waals surface area contributed by atoms with Crippen LogP contribution in [0.2, 0.25) is 0 Å². The molecule has 1 saturated heterocycles. The van der Waals surface area contributed by atoms with Crippen LogP contribution in [-0.4, -0.2) is 32.9 Å². The van der Waals surface area contributed by atoms with E-state index >= 15 is 0 Å². The first-order valence-corrected chi connectivity index (χ1v) is 10.1. The summed E-state index contributed by atoms with van der Waals surface area (Å²) in [6.45, 7) is 1.62. The number of aromatic nitrogens is 2. The molecule has 1 aromatic carbocycles. The van der Waals surface area contributed by atoms with Crippen molar-refractivity contribution in [2.75, 3.05) is 6.54 Å². The molecule has 1 aromatic heterocycles. The first kappa shape index (κ1) is 16.0. The fourth-order valence-corrected chi connectivity index (χ4v) is 5.26. The van der Waals surface area contributed by atoms with E-state index < -0.39 is 0 Å². The van der Waals surface area contributed by atoms with Gasteiger partial charge < -0.3 is 4.90 Å². The molecular formula is C21H25N3O2. The van der Waals surface area contributed by atoms with E-state index in [1.54, 1.807) is 10.6 Å². The molecule has 3 heterocycles. The number of benzene rings is 1. The fourth-order valence-electron chi connectivity index (χ4n) is 5.26. The molecule has 5 heteroatoms.